The van der Waals surface area contributed by atoms with Gasteiger partial charge in [0, 0.05) is 42.5 Å². The predicted molar refractivity (Wildman–Crippen MR) is 128 cm³/mol. The molecule has 1 amide bonds. The van der Waals surface area contributed by atoms with E-state index in [0.717, 1.165) is 10.0 Å². The maximum Gasteiger partial charge on any atom is 0.341 e. The number of nitrogens with one attached hydrogen (secondary N) is 2. The van der Waals surface area contributed by atoms with Crippen molar-refractivity contribution in [2.75, 3.05) is 26.7 Å². The molecule has 3 N–H and O–H groups in total. The summed E-state index contributed by atoms with van der Waals surface area (Å²) < 4.78 is 5.45. The van der Waals surface area contributed by atoms with Crippen LogP contribution in [0.1, 0.15) is 53.0 Å². The van der Waals surface area contributed by atoms with Crippen LogP contribution >= 0.6 is 15.9 Å². The van der Waals surface area contributed by atoms with Crippen LogP contribution in [-0.2, 0) is 16.0 Å². The first-order valence-corrected chi connectivity index (χ1v) is 11.4. The van der Waals surface area contributed by atoms with Crippen LogP contribution in [0.2, 0.25) is 0 Å². The van der Waals surface area contributed by atoms with Gasteiger partial charge in [-0.15, -0.1) is 0 Å². The van der Waals surface area contributed by atoms with Crippen molar-refractivity contribution >= 4 is 33.6 Å². The number of phenols is 1. The van der Waals surface area contributed by atoms with Gasteiger partial charge in [-0.2, -0.15) is 0 Å². The fraction of sp³-hybridized carbons (Fsp3) is 0.375. The highest BCUT2D eigenvalue weighted by Gasteiger charge is 2.11. The topological polar surface area (TPSA) is 105 Å². The van der Waals surface area contributed by atoms with Crippen LogP contribution in [0, 0.1) is 0 Å². The van der Waals surface area contributed by atoms with Gasteiger partial charge >= 0.3 is 5.97 Å². The van der Waals surface area contributed by atoms with Gasteiger partial charge in [0.05, 0.1) is 7.11 Å². The van der Waals surface area contributed by atoms with E-state index in [1.54, 1.807) is 18.2 Å². The number of aromatic hydroxyl groups is 1. The molecule has 2 rings (SSSR count). The number of methoxy groups -OCH3 is 1. The molecule has 0 bridgehead atoms. The molecule has 0 aromatic heterocycles. The molecule has 0 spiro atoms. The average Bonchev–Trinajstić information content (AvgIpc) is 2.79. The van der Waals surface area contributed by atoms with Gasteiger partial charge < -0.3 is 20.5 Å². The number of benzene rings is 2. The van der Waals surface area contributed by atoms with Crippen LogP contribution in [0.3, 0.4) is 0 Å². The molecule has 2 aromatic rings. The Morgan fingerprint density at radius 1 is 1.00 bits per heavy atom. The monoisotopic (exact) mass is 506 g/mol. The van der Waals surface area contributed by atoms with Crippen molar-refractivity contribution in [3.8, 4) is 5.75 Å². The van der Waals surface area contributed by atoms with Crippen molar-refractivity contribution in [1.82, 2.24) is 10.6 Å². The van der Waals surface area contributed by atoms with Gasteiger partial charge in [0.1, 0.15) is 11.3 Å². The number of esters is 1. The number of rotatable bonds is 11. The molecular formula is C24H31BrN2O5. The lowest BCUT2D eigenvalue weighted by Gasteiger charge is -2.08. The number of hydrogen-bond acceptors (Lipinski definition) is 6. The standard InChI is InChI=1S/C22H25BrN2O5.C2H6/c1-30-22(29)18-6-5-15(13-20(18)27)7-12-25-21(28)9-11-24-10-8-19(26)16-3-2-4-17(23)14-16;1-2/h2-6,13-14,24,27H,7-12H2,1H3,(H,25,28);1-2H3. The number of carbonyl (C=O) groups is 3. The van der Waals surface area contributed by atoms with Gasteiger partial charge in [0.15, 0.2) is 5.78 Å². The van der Waals surface area contributed by atoms with Crippen molar-refractivity contribution in [1.29, 1.82) is 0 Å². The Kier molecular flexibility index (Phi) is 12.9. The zero-order valence-corrected chi connectivity index (χ0v) is 20.3. The van der Waals surface area contributed by atoms with Crippen molar-refractivity contribution < 1.29 is 24.2 Å². The minimum Gasteiger partial charge on any atom is -0.507 e. The zero-order valence-electron chi connectivity index (χ0n) is 18.7. The van der Waals surface area contributed by atoms with E-state index < -0.39 is 5.97 Å². The molecule has 0 atom stereocenters. The lowest BCUT2D eigenvalue weighted by Crippen LogP contribution is -2.30. The summed E-state index contributed by atoms with van der Waals surface area (Å²) in [6.45, 7) is 5.40. The second-order valence-corrected chi connectivity index (χ2v) is 7.54. The highest BCUT2D eigenvalue weighted by Crippen LogP contribution is 2.19. The van der Waals surface area contributed by atoms with Gasteiger partial charge in [-0.05, 0) is 36.2 Å². The van der Waals surface area contributed by atoms with Crippen LogP contribution in [-0.4, -0.2) is 49.5 Å². The number of hydrogen-bond donors (Lipinski definition) is 3. The van der Waals surface area contributed by atoms with Crippen LogP contribution in [0.5, 0.6) is 5.75 Å². The fourth-order valence-corrected chi connectivity index (χ4v) is 3.18. The largest absolute Gasteiger partial charge is 0.507 e. The van der Waals surface area contributed by atoms with Crippen LogP contribution in [0.15, 0.2) is 46.9 Å². The number of phenolic OH excluding ortho intramolecular Hbond substituents is 1. The molecule has 0 saturated heterocycles. The van der Waals surface area contributed by atoms with E-state index in [4.69, 9.17) is 0 Å². The molecule has 0 aliphatic carbocycles. The summed E-state index contributed by atoms with van der Waals surface area (Å²) in [5.41, 5.74) is 1.56. The highest BCUT2D eigenvalue weighted by atomic mass is 79.9. The van der Waals surface area contributed by atoms with Crippen LogP contribution < -0.4 is 10.6 Å². The molecule has 0 saturated carbocycles. The molecular weight excluding hydrogens is 476 g/mol. The third-order valence-corrected chi connectivity index (χ3v) is 4.90. The normalized spacial score (nSPS) is 10.0. The first-order chi connectivity index (χ1) is 15.4. The molecule has 8 heteroatoms. The molecule has 7 nitrogen and oxygen atoms in total. The fourth-order valence-electron chi connectivity index (χ4n) is 2.79. The number of amides is 1. The van der Waals surface area contributed by atoms with Crippen molar-refractivity contribution in [2.24, 2.45) is 0 Å². The van der Waals surface area contributed by atoms with E-state index in [1.807, 2.05) is 26.0 Å². The quantitative estimate of drug-likeness (QED) is 0.242. The summed E-state index contributed by atoms with van der Waals surface area (Å²) in [6, 6.07) is 12.0. The lowest BCUT2D eigenvalue weighted by molar-refractivity contribution is -0.120. The molecule has 0 unspecified atom stereocenters. The van der Waals surface area contributed by atoms with Crippen molar-refractivity contribution in [3.63, 3.8) is 0 Å². The summed E-state index contributed by atoms with van der Waals surface area (Å²) in [5.74, 6) is -0.795. The number of Topliss-reactive ketones (excluding diaryl/α,β-unsaturated/α-hetero) is 1. The molecule has 0 fully saturated rings. The zero-order chi connectivity index (χ0) is 23.9. The minimum atomic E-state index is -0.599. The SMILES string of the molecule is CC.COC(=O)c1ccc(CCNC(=O)CCNCCC(=O)c2cccc(Br)c2)cc1O. The second kappa shape index (κ2) is 15.2. The van der Waals surface area contributed by atoms with Gasteiger partial charge in [-0.1, -0.05) is 48.0 Å². The Morgan fingerprint density at radius 2 is 1.72 bits per heavy atom. The Morgan fingerprint density at radius 3 is 2.38 bits per heavy atom. The number of carbonyl (C=O) groups excluding carboxylic acids is 3. The summed E-state index contributed by atoms with van der Waals surface area (Å²) >= 11 is 3.35. The van der Waals surface area contributed by atoms with Crippen molar-refractivity contribution in [3.05, 3.63) is 63.6 Å². The molecule has 0 aliphatic rings. The molecule has 0 aliphatic heterocycles. The van der Waals surface area contributed by atoms with Gasteiger partial charge in [-0.25, -0.2) is 4.79 Å². The number of halogens is 1. The van der Waals surface area contributed by atoms with E-state index in [9.17, 15) is 19.5 Å². The molecule has 2 aromatic carbocycles. The summed E-state index contributed by atoms with van der Waals surface area (Å²) in [6.07, 6.45) is 1.19. The van der Waals surface area contributed by atoms with Gasteiger partial charge in [0.25, 0.3) is 0 Å². The van der Waals surface area contributed by atoms with Crippen molar-refractivity contribution in [2.45, 2.75) is 33.1 Å². The third kappa shape index (κ3) is 9.62. The first-order valence-electron chi connectivity index (χ1n) is 10.6. The summed E-state index contributed by atoms with van der Waals surface area (Å²) in [5, 5.41) is 15.8. The van der Waals surface area contributed by atoms with E-state index in [2.05, 4.69) is 31.3 Å². The molecule has 0 heterocycles. The van der Waals surface area contributed by atoms with Crippen LogP contribution in [0.4, 0.5) is 0 Å². The Balaban J connectivity index is 0.00000249. The summed E-state index contributed by atoms with van der Waals surface area (Å²) in [7, 11) is 1.25. The molecule has 0 radical (unpaired) electrons. The Bertz CT molecular complexity index is 902. The number of ketones is 1. The smallest absolute Gasteiger partial charge is 0.341 e. The Labute approximate surface area is 197 Å². The maximum absolute atomic E-state index is 12.1. The van der Waals surface area contributed by atoms with E-state index in [1.165, 1.54) is 19.2 Å². The Hall–Kier alpha value is -2.71. The molecule has 174 valence electrons. The maximum atomic E-state index is 12.1. The van der Waals surface area contributed by atoms with E-state index in [-0.39, 0.29) is 23.0 Å². The highest BCUT2D eigenvalue weighted by molar-refractivity contribution is 9.10. The average molecular weight is 507 g/mol. The summed E-state index contributed by atoms with van der Waals surface area (Å²) in [4.78, 5) is 35.4. The third-order valence-electron chi connectivity index (χ3n) is 4.41. The van der Waals surface area contributed by atoms with E-state index >= 15 is 0 Å². The minimum absolute atomic E-state index is 0.0507. The second-order valence-electron chi connectivity index (χ2n) is 6.63. The first kappa shape index (κ1) is 27.3. The van der Waals surface area contributed by atoms with E-state index in [0.29, 0.717) is 44.5 Å². The lowest BCUT2D eigenvalue weighted by atomic mass is 10.1. The number of ether oxygens (including phenoxy) is 1. The predicted octanol–water partition coefficient (Wildman–Crippen LogP) is 3.88. The molecule has 32 heavy (non-hydrogen) atoms. The van der Waals surface area contributed by atoms with Gasteiger partial charge in [0.2, 0.25) is 5.91 Å². The van der Waals surface area contributed by atoms with Gasteiger partial charge in [-0.3, -0.25) is 9.59 Å². The van der Waals surface area contributed by atoms with Crippen LogP contribution in [0.25, 0.3) is 0 Å².